The third-order valence-corrected chi connectivity index (χ3v) is 4.06. The van der Waals surface area contributed by atoms with Gasteiger partial charge in [-0.25, -0.2) is 0 Å². The fraction of sp³-hybridized carbons (Fsp3) is 0.529. The molecule has 22 heavy (non-hydrogen) atoms. The molecule has 120 valence electrons. The summed E-state index contributed by atoms with van der Waals surface area (Å²) in [6.07, 6.45) is 3.55. The average molecular weight is 305 g/mol. The van der Waals surface area contributed by atoms with Crippen LogP contribution in [0.4, 0.5) is 0 Å². The smallest absolute Gasteiger partial charge is 0.303 e. The molecule has 1 amide bonds. The fourth-order valence-electron chi connectivity index (χ4n) is 2.98. The summed E-state index contributed by atoms with van der Waals surface area (Å²) in [4.78, 5) is 25.4. The molecule has 1 atom stereocenters. The average Bonchev–Trinajstić information content (AvgIpc) is 2.53. The Bertz CT molecular complexity index is 529. The lowest BCUT2D eigenvalue weighted by Crippen LogP contribution is -2.44. The Morgan fingerprint density at radius 2 is 2.18 bits per heavy atom. The summed E-state index contributed by atoms with van der Waals surface area (Å²) in [5.41, 5.74) is 1.62. The van der Waals surface area contributed by atoms with E-state index in [1.807, 2.05) is 29.2 Å². The third-order valence-electron chi connectivity index (χ3n) is 4.06. The van der Waals surface area contributed by atoms with Gasteiger partial charge in [0.15, 0.2) is 0 Å². The number of carboxylic acid groups (broad SMARTS) is 1. The minimum atomic E-state index is -0.805. The summed E-state index contributed by atoms with van der Waals surface area (Å²) in [7, 11) is 1.63. The van der Waals surface area contributed by atoms with Gasteiger partial charge in [0.2, 0.25) is 0 Å². The van der Waals surface area contributed by atoms with Crippen LogP contribution in [0, 0.1) is 0 Å². The number of carbonyl (C=O) groups is 2. The van der Waals surface area contributed by atoms with Crippen molar-refractivity contribution in [3.63, 3.8) is 0 Å². The number of methoxy groups -OCH3 is 1. The molecule has 5 heteroatoms. The first kappa shape index (κ1) is 16.5. The number of ether oxygens (including phenoxy) is 1. The highest BCUT2D eigenvalue weighted by molar-refractivity contribution is 5.94. The number of hydrogen-bond acceptors (Lipinski definition) is 3. The highest BCUT2D eigenvalue weighted by Crippen LogP contribution is 2.23. The summed E-state index contributed by atoms with van der Waals surface area (Å²) in [5, 5.41) is 8.86. The molecular formula is C17H23NO4. The molecule has 0 radical (unpaired) electrons. The van der Waals surface area contributed by atoms with E-state index in [-0.39, 0.29) is 18.4 Å². The Kier molecular flexibility index (Phi) is 5.95. The first-order chi connectivity index (χ1) is 10.6. The number of amides is 1. The summed E-state index contributed by atoms with van der Waals surface area (Å²) in [5.74, 6) is -0.812. The van der Waals surface area contributed by atoms with E-state index in [1.54, 1.807) is 7.11 Å². The van der Waals surface area contributed by atoms with Gasteiger partial charge < -0.3 is 14.7 Å². The Morgan fingerprint density at radius 1 is 1.36 bits per heavy atom. The molecule has 0 aliphatic carbocycles. The molecule has 0 saturated carbocycles. The highest BCUT2D eigenvalue weighted by atomic mass is 16.5. The molecule has 1 N–H and O–H groups in total. The van der Waals surface area contributed by atoms with E-state index in [1.165, 1.54) is 0 Å². The largest absolute Gasteiger partial charge is 0.481 e. The van der Waals surface area contributed by atoms with Crippen LogP contribution in [-0.4, -0.2) is 41.6 Å². The van der Waals surface area contributed by atoms with Gasteiger partial charge >= 0.3 is 5.97 Å². The van der Waals surface area contributed by atoms with Crippen molar-refractivity contribution in [2.75, 3.05) is 13.7 Å². The zero-order valence-corrected chi connectivity index (χ0v) is 13.0. The van der Waals surface area contributed by atoms with E-state index < -0.39 is 5.97 Å². The zero-order valence-electron chi connectivity index (χ0n) is 13.0. The molecule has 2 rings (SSSR count). The van der Waals surface area contributed by atoms with E-state index >= 15 is 0 Å². The van der Waals surface area contributed by atoms with E-state index in [4.69, 9.17) is 9.84 Å². The molecule has 1 aromatic carbocycles. The van der Waals surface area contributed by atoms with Crippen molar-refractivity contribution in [3.05, 3.63) is 35.4 Å². The van der Waals surface area contributed by atoms with Crippen molar-refractivity contribution in [1.82, 2.24) is 4.90 Å². The van der Waals surface area contributed by atoms with Crippen LogP contribution < -0.4 is 0 Å². The van der Waals surface area contributed by atoms with Crippen LogP contribution in [0.2, 0.25) is 0 Å². The van der Waals surface area contributed by atoms with Crippen molar-refractivity contribution in [2.24, 2.45) is 0 Å². The minimum Gasteiger partial charge on any atom is -0.481 e. The molecule has 1 aliphatic rings. The minimum absolute atomic E-state index is 0.00644. The van der Waals surface area contributed by atoms with Crippen molar-refractivity contribution in [2.45, 2.75) is 44.8 Å². The highest BCUT2D eigenvalue weighted by Gasteiger charge is 2.27. The predicted octanol–water partition coefficient (Wildman–Crippen LogP) is 2.69. The van der Waals surface area contributed by atoms with Gasteiger partial charge in [0.25, 0.3) is 5.91 Å². The number of benzene rings is 1. The van der Waals surface area contributed by atoms with Gasteiger partial charge in [0.1, 0.15) is 0 Å². The molecular weight excluding hydrogens is 282 g/mol. The van der Waals surface area contributed by atoms with E-state index in [0.29, 0.717) is 25.1 Å². The second kappa shape index (κ2) is 7.94. The number of hydrogen-bond donors (Lipinski definition) is 1. The van der Waals surface area contributed by atoms with Gasteiger partial charge in [-0.1, -0.05) is 12.1 Å². The van der Waals surface area contributed by atoms with Crippen LogP contribution in [0.1, 0.15) is 48.0 Å². The SMILES string of the molecule is COCc1cccc(C(=O)N2CCCC[C@@H]2CCC(=O)O)c1. The Labute approximate surface area is 130 Å². The summed E-state index contributed by atoms with van der Waals surface area (Å²) >= 11 is 0. The molecule has 5 nitrogen and oxygen atoms in total. The lowest BCUT2D eigenvalue weighted by atomic mass is 9.96. The molecule has 0 spiro atoms. The van der Waals surface area contributed by atoms with Crippen molar-refractivity contribution >= 4 is 11.9 Å². The molecule has 1 aliphatic heterocycles. The summed E-state index contributed by atoms with van der Waals surface area (Å²) in [6, 6.07) is 7.48. The number of nitrogens with zero attached hydrogens (tertiary/aromatic N) is 1. The maximum Gasteiger partial charge on any atom is 0.303 e. The Balaban J connectivity index is 2.10. The topological polar surface area (TPSA) is 66.8 Å². The van der Waals surface area contributed by atoms with Crippen molar-refractivity contribution < 1.29 is 19.4 Å². The van der Waals surface area contributed by atoms with Crippen molar-refractivity contribution in [3.8, 4) is 0 Å². The van der Waals surface area contributed by atoms with E-state index in [0.717, 1.165) is 24.8 Å². The number of carbonyl (C=O) groups excluding carboxylic acids is 1. The molecule has 0 unspecified atom stereocenters. The number of piperidine rings is 1. The maximum atomic E-state index is 12.7. The molecule has 1 heterocycles. The van der Waals surface area contributed by atoms with Gasteiger partial charge in [-0.15, -0.1) is 0 Å². The first-order valence-corrected chi connectivity index (χ1v) is 7.72. The zero-order chi connectivity index (χ0) is 15.9. The fourth-order valence-corrected chi connectivity index (χ4v) is 2.98. The maximum absolute atomic E-state index is 12.7. The van der Waals surface area contributed by atoms with E-state index in [2.05, 4.69) is 0 Å². The van der Waals surface area contributed by atoms with Crippen LogP contribution in [0.5, 0.6) is 0 Å². The van der Waals surface area contributed by atoms with Gasteiger partial charge in [0.05, 0.1) is 6.61 Å². The monoisotopic (exact) mass is 305 g/mol. The van der Waals surface area contributed by atoms with E-state index in [9.17, 15) is 9.59 Å². The standard InChI is InChI=1S/C17H23NO4/c1-22-12-13-5-4-6-14(11-13)17(21)18-10-3-2-7-15(18)8-9-16(19)20/h4-6,11,15H,2-3,7-10,12H2,1H3,(H,19,20)/t15-/m1/s1. The van der Waals surface area contributed by atoms with Gasteiger partial charge in [-0.2, -0.15) is 0 Å². The van der Waals surface area contributed by atoms with Crippen LogP contribution in [0.3, 0.4) is 0 Å². The molecule has 0 aromatic heterocycles. The Morgan fingerprint density at radius 3 is 2.91 bits per heavy atom. The lowest BCUT2D eigenvalue weighted by Gasteiger charge is -2.35. The molecule has 0 bridgehead atoms. The first-order valence-electron chi connectivity index (χ1n) is 7.72. The number of likely N-dealkylation sites (tertiary alicyclic amines) is 1. The molecule has 1 aromatic rings. The molecule has 1 fully saturated rings. The molecule has 1 saturated heterocycles. The van der Waals surface area contributed by atoms with Crippen LogP contribution in [0.15, 0.2) is 24.3 Å². The quantitative estimate of drug-likeness (QED) is 0.877. The van der Waals surface area contributed by atoms with Crippen molar-refractivity contribution in [1.29, 1.82) is 0 Å². The second-order valence-corrected chi connectivity index (χ2v) is 5.71. The lowest BCUT2D eigenvalue weighted by molar-refractivity contribution is -0.137. The normalized spacial score (nSPS) is 18.2. The number of aliphatic carboxylic acids is 1. The van der Waals surface area contributed by atoms with Gasteiger partial charge in [0, 0.05) is 31.7 Å². The second-order valence-electron chi connectivity index (χ2n) is 5.71. The predicted molar refractivity (Wildman–Crippen MR) is 82.7 cm³/mol. The van der Waals surface area contributed by atoms with Gasteiger partial charge in [-0.3, -0.25) is 9.59 Å². The summed E-state index contributed by atoms with van der Waals surface area (Å²) < 4.78 is 5.10. The third kappa shape index (κ3) is 4.31. The number of rotatable bonds is 6. The Hall–Kier alpha value is -1.88. The van der Waals surface area contributed by atoms with Gasteiger partial charge in [-0.05, 0) is 43.4 Å². The van der Waals surface area contributed by atoms with Crippen LogP contribution >= 0.6 is 0 Å². The summed E-state index contributed by atoms with van der Waals surface area (Å²) in [6.45, 7) is 1.18. The number of carboxylic acids is 1. The van der Waals surface area contributed by atoms with Crippen LogP contribution in [0.25, 0.3) is 0 Å². The van der Waals surface area contributed by atoms with Crippen LogP contribution in [-0.2, 0) is 16.1 Å².